The normalized spacial score (nSPS) is 39.5. The minimum absolute atomic E-state index is 0.0290. The molecular formula is C55H85N3O14. The summed E-state index contributed by atoms with van der Waals surface area (Å²) in [6, 6.07) is 14.9. The fourth-order valence-corrected chi connectivity index (χ4v) is 12.0. The van der Waals surface area contributed by atoms with Crippen molar-refractivity contribution in [1.82, 2.24) is 15.1 Å². The summed E-state index contributed by atoms with van der Waals surface area (Å²) in [5.74, 6) is -3.65. The van der Waals surface area contributed by atoms with Crippen LogP contribution in [0, 0.1) is 17.8 Å². The molecule has 17 heteroatoms. The first-order valence-corrected chi connectivity index (χ1v) is 25.9. The summed E-state index contributed by atoms with van der Waals surface area (Å²) >= 11 is 0. The molecule has 4 N–H and O–H groups in total. The number of aliphatic hydroxyl groups excluding tert-OH is 1. The summed E-state index contributed by atoms with van der Waals surface area (Å²) in [6.07, 6.45) is -9.02. The maximum Gasteiger partial charge on any atom is 0.508 e. The minimum atomic E-state index is -1.84. The molecule has 404 valence electrons. The molecule has 4 aliphatic rings. The average molecular weight is 1010 g/mol. The fraction of sp³-hybridized carbons (Fsp3) is 0.727. The molecule has 0 bridgehead atoms. The molecule has 72 heavy (non-hydrogen) atoms. The molecule has 2 aromatic carbocycles. The van der Waals surface area contributed by atoms with E-state index in [-0.39, 0.29) is 49.8 Å². The number of hydrogen-bond acceptors (Lipinski definition) is 16. The summed E-state index contributed by atoms with van der Waals surface area (Å²) in [6.45, 7) is 19.5. The van der Waals surface area contributed by atoms with E-state index in [4.69, 9.17) is 37.9 Å². The van der Waals surface area contributed by atoms with Gasteiger partial charge in [-0.05, 0) is 117 Å². The Morgan fingerprint density at radius 2 is 1.51 bits per heavy atom. The molecule has 2 aromatic rings. The molecule has 0 radical (unpaired) electrons. The Hall–Kier alpha value is -3.75. The number of carbonyl (C=O) groups excluding carboxylic acids is 3. The lowest BCUT2D eigenvalue weighted by atomic mass is 9.78. The van der Waals surface area contributed by atoms with E-state index in [9.17, 15) is 29.7 Å². The zero-order valence-corrected chi connectivity index (χ0v) is 45.3. The van der Waals surface area contributed by atoms with Crippen LogP contribution in [0.15, 0.2) is 48.5 Å². The molecule has 3 aliphatic heterocycles. The second-order valence-corrected chi connectivity index (χ2v) is 22.3. The number of aliphatic hydroxyl groups is 3. The molecule has 3 fully saturated rings. The highest BCUT2D eigenvalue weighted by Crippen LogP contribution is 2.45. The fourth-order valence-electron chi connectivity index (χ4n) is 12.0. The van der Waals surface area contributed by atoms with Crippen LogP contribution < -0.4 is 5.32 Å². The van der Waals surface area contributed by atoms with Gasteiger partial charge in [0.05, 0.1) is 59.7 Å². The van der Waals surface area contributed by atoms with Gasteiger partial charge in [0.15, 0.2) is 18.7 Å². The molecule has 0 aromatic heterocycles. The number of rotatable bonds is 11. The van der Waals surface area contributed by atoms with Crippen molar-refractivity contribution in [3.63, 3.8) is 0 Å². The molecule has 3 saturated heterocycles. The quantitative estimate of drug-likeness (QED) is 0.190. The Morgan fingerprint density at radius 3 is 2.08 bits per heavy atom. The van der Waals surface area contributed by atoms with Crippen LogP contribution in [0.25, 0.3) is 11.1 Å². The predicted octanol–water partition coefficient (Wildman–Crippen LogP) is 6.02. The van der Waals surface area contributed by atoms with Gasteiger partial charge in [0.25, 0.3) is 0 Å². The molecule has 0 unspecified atom stereocenters. The van der Waals surface area contributed by atoms with Crippen molar-refractivity contribution in [2.24, 2.45) is 17.8 Å². The maximum absolute atomic E-state index is 14.7. The number of likely N-dealkylation sites (N-methyl/N-ethyl adjacent to an activating group) is 1. The number of carbonyl (C=O) groups is 3. The van der Waals surface area contributed by atoms with Gasteiger partial charge in [0.1, 0.15) is 18.3 Å². The Bertz CT molecular complexity index is 2110. The molecule has 17 nitrogen and oxygen atoms in total. The van der Waals surface area contributed by atoms with Gasteiger partial charge in [0, 0.05) is 44.9 Å². The third-order valence-corrected chi connectivity index (χ3v) is 16.2. The second kappa shape index (κ2) is 23.4. The minimum Gasteiger partial charge on any atom is -0.459 e. The Balaban J connectivity index is 1.39. The lowest BCUT2D eigenvalue weighted by Gasteiger charge is -2.50. The molecule has 18 atom stereocenters. The van der Waals surface area contributed by atoms with E-state index in [0.717, 1.165) is 22.3 Å². The number of methoxy groups -OCH3 is 1. The van der Waals surface area contributed by atoms with Crippen LogP contribution in [0.5, 0.6) is 0 Å². The SMILES string of the molecule is CC[C@H]1OC(=O)[C@H](C)[C@@H](O[C@H]2C[C@@](C)(OC)[C@H](NC(C)=O)[C@H](C)O2)[C@H](C)[C@@H](O[C@@H]2O[C@H](C)C[C@H](N(C)C)[C@H]2OC(=O)OCC2c3ccccc3-c3ccccc32)[C@](C)(O)C[C@@H](C)N(C)C[C@H](C)[C@@H](O)[C@]1(C)O. The van der Waals surface area contributed by atoms with Crippen molar-refractivity contribution in [2.45, 2.75) is 198 Å². The first-order valence-electron chi connectivity index (χ1n) is 25.9. The lowest BCUT2D eigenvalue weighted by molar-refractivity contribution is -0.312. The summed E-state index contributed by atoms with van der Waals surface area (Å²) < 4.78 is 51.7. The smallest absolute Gasteiger partial charge is 0.459 e. The van der Waals surface area contributed by atoms with Gasteiger partial charge >= 0.3 is 12.1 Å². The number of cyclic esters (lactones) is 1. The lowest BCUT2D eigenvalue weighted by Crippen LogP contribution is -2.64. The zero-order chi connectivity index (χ0) is 53.2. The van der Waals surface area contributed by atoms with Crippen molar-refractivity contribution in [2.75, 3.05) is 41.4 Å². The van der Waals surface area contributed by atoms with Crippen LogP contribution in [0.3, 0.4) is 0 Å². The van der Waals surface area contributed by atoms with Crippen molar-refractivity contribution >= 4 is 18.0 Å². The average Bonchev–Trinajstić information content (AvgIpc) is 3.64. The number of ether oxygens (including phenoxy) is 8. The third-order valence-electron chi connectivity index (χ3n) is 16.2. The predicted molar refractivity (Wildman–Crippen MR) is 270 cm³/mol. The van der Waals surface area contributed by atoms with E-state index in [1.807, 2.05) is 102 Å². The zero-order valence-electron chi connectivity index (χ0n) is 45.3. The van der Waals surface area contributed by atoms with Crippen LogP contribution in [0.4, 0.5) is 4.79 Å². The van der Waals surface area contributed by atoms with Crippen LogP contribution >= 0.6 is 0 Å². The van der Waals surface area contributed by atoms with Crippen molar-refractivity contribution in [3.05, 3.63) is 59.7 Å². The van der Waals surface area contributed by atoms with Crippen molar-refractivity contribution in [1.29, 1.82) is 0 Å². The van der Waals surface area contributed by atoms with Gasteiger partial charge in [-0.15, -0.1) is 0 Å². The van der Waals surface area contributed by atoms with Gasteiger partial charge in [-0.25, -0.2) is 4.79 Å². The molecule has 0 spiro atoms. The highest BCUT2D eigenvalue weighted by atomic mass is 16.8. The maximum atomic E-state index is 14.7. The molecular weight excluding hydrogens is 927 g/mol. The Labute approximate surface area is 427 Å². The molecule has 0 saturated carbocycles. The Kier molecular flexibility index (Phi) is 18.7. The second-order valence-electron chi connectivity index (χ2n) is 22.3. The highest BCUT2D eigenvalue weighted by Gasteiger charge is 2.54. The number of esters is 1. The first kappa shape index (κ1) is 57.5. The first-order chi connectivity index (χ1) is 33.7. The largest absolute Gasteiger partial charge is 0.508 e. The van der Waals surface area contributed by atoms with Gasteiger partial charge in [-0.3, -0.25) is 9.59 Å². The van der Waals surface area contributed by atoms with Gasteiger partial charge in [-0.2, -0.15) is 0 Å². The van der Waals surface area contributed by atoms with Crippen molar-refractivity contribution < 1.29 is 67.6 Å². The van der Waals surface area contributed by atoms with Crippen LogP contribution in [-0.2, 0) is 47.5 Å². The van der Waals surface area contributed by atoms with E-state index in [1.54, 1.807) is 34.8 Å². The van der Waals surface area contributed by atoms with Crippen molar-refractivity contribution in [3.8, 4) is 11.1 Å². The molecule has 1 aliphatic carbocycles. The van der Waals surface area contributed by atoms with Crippen LogP contribution in [0.1, 0.15) is 119 Å². The molecule has 6 rings (SSSR count). The summed E-state index contributed by atoms with van der Waals surface area (Å²) in [4.78, 5) is 45.1. The van der Waals surface area contributed by atoms with Crippen LogP contribution in [-0.4, -0.2) is 175 Å². The number of nitrogens with zero attached hydrogens (tertiary/aromatic N) is 2. The van der Waals surface area contributed by atoms with Gasteiger partial charge in [-0.1, -0.05) is 69.3 Å². The van der Waals surface area contributed by atoms with Crippen LogP contribution in [0.2, 0.25) is 0 Å². The summed E-state index contributed by atoms with van der Waals surface area (Å²) in [7, 11) is 7.21. The van der Waals surface area contributed by atoms with E-state index in [2.05, 4.69) is 17.4 Å². The summed E-state index contributed by atoms with van der Waals surface area (Å²) in [5, 5.41) is 39.7. The van der Waals surface area contributed by atoms with E-state index in [1.165, 1.54) is 13.8 Å². The highest BCUT2D eigenvalue weighted by molar-refractivity contribution is 5.79. The van der Waals surface area contributed by atoms with Gasteiger partial charge < -0.3 is 68.3 Å². The summed E-state index contributed by atoms with van der Waals surface area (Å²) in [5.41, 5.74) is -0.233. The number of amides is 1. The molecule has 3 heterocycles. The van der Waals surface area contributed by atoms with E-state index >= 15 is 0 Å². The molecule has 1 amide bonds. The standard InChI is InChI=1S/C55H85N3O14/c1-16-43-55(11,64)48(60)30(2)28-58(14)31(3)26-53(9,63)49(33(5)45(34(6)50(61)69-43)70-44-27-54(10,65-15)47(35(7)68-44)56-36(8)59)72-51-46(42(57(12)13)25-32(4)67-51)71-52(62)66-29-41-39-23-19-17-21-37(39)38-22-18-20-24-40(38)41/h17-24,30-35,41-49,51,60,63-64H,16,25-29H2,1-15H3,(H,56,59)/t30-,31+,32+,33-,34+,35-,42-,43+,44-,45-,46+,47+,48+,49+,51-,53+,54+,55+/m0/s1. The third kappa shape index (κ3) is 12.5. The van der Waals surface area contributed by atoms with E-state index < -0.39 is 108 Å². The topological polar surface area (TPSA) is 204 Å². The van der Waals surface area contributed by atoms with E-state index in [0.29, 0.717) is 13.0 Å². The number of fused-ring (bicyclic) bond motifs is 3. The van der Waals surface area contributed by atoms with Gasteiger partial charge in [0.2, 0.25) is 5.91 Å². The Morgan fingerprint density at radius 1 is 0.903 bits per heavy atom. The number of hydrogen-bond donors (Lipinski definition) is 4. The number of nitrogens with one attached hydrogen (secondary N) is 1. The number of benzene rings is 2. The monoisotopic (exact) mass is 1010 g/mol.